The third kappa shape index (κ3) is 4.42. The van der Waals surface area contributed by atoms with Gasteiger partial charge in [0.05, 0.1) is 18.0 Å². The molecule has 1 fully saturated rings. The summed E-state index contributed by atoms with van der Waals surface area (Å²) in [6, 6.07) is 15.8. The first-order chi connectivity index (χ1) is 17.6. The lowest BCUT2D eigenvalue weighted by Crippen LogP contribution is -2.39. The highest BCUT2D eigenvalue weighted by Gasteiger charge is 2.29. The summed E-state index contributed by atoms with van der Waals surface area (Å²) in [4.78, 5) is 38.1. The number of fused-ring (bicyclic) bond motifs is 3. The summed E-state index contributed by atoms with van der Waals surface area (Å²) in [5, 5.41) is 4.79. The Labute approximate surface area is 218 Å². The zero-order valence-corrected chi connectivity index (χ0v) is 21.4. The zero-order chi connectivity index (χ0) is 24.6. The summed E-state index contributed by atoms with van der Waals surface area (Å²) in [5.74, 6) is 0.384. The van der Waals surface area contributed by atoms with E-state index in [2.05, 4.69) is 23.2 Å². The topological polar surface area (TPSA) is 69.3 Å². The van der Waals surface area contributed by atoms with Gasteiger partial charge in [0.1, 0.15) is 5.69 Å². The Morgan fingerprint density at radius 1 is 1.03 bits per heavy atom. The molecule has 0 radical (unpaired) electrons. The molecule has 0 saturated carbocycles. The number of nitrogens with zero attached hydrogens (tertiary/aromatic N) is 3. The third-order valence-electron chi connectivity index (χ3n) is 7.41. The molecule has 6 rings (SSSR count). The fraction of sp³-hybridized carbons (Fsp3) is 0.321. The molecule has 0 atom stereocenters. The van der Waals surface area contributed by atoms with Gasteiger partial charge in [-0.2, -0.15) is 0 Å². The van der Waals surface area contributed by atoms with Crippen molar-refractivity contribution >= 4 is 45.7 Å². The predicted octanol–water partition coefficient (Wildman–Crippen LogP) is 5.43. The number of hydrogen-bond acceptors (Lipinski definition) is 4. The Hall–Kier alpha value is -3.16. The predicted molar refractivity (Wildman–Crippen MR) is 143 cm³/mol. The summed E-state index contributed by atoms with van der Waals surface area (Å²) >= 11 is 7.79. The Kier molecular flexibility index (Phi) is 6.27. The minimum absolute atomic E-state index is 0.00541. The van der Waals surface area contributed by atoms with E-state index in [1.165, 1.54) is 10.9 Å². The lowest BCUT2D eigenvalue weighted by Gasteiger charge is -2.31. The van der Waals surface area contributed by atoms with Crippen molar-refractivity contribution in [1.29, 1.82) is 0 Å². The maximum atomic E-state index is 13.3. The SMILES string of the molecule is O=C(Cc1ccccc1Cl)N1CCC(c2nc(C(=O)N3CCc4c([nH]c5ccccc45)C3)cs2)CC1. The van der Waals surface area contributed by atoms with Crippen molar-refractivity contribution in [3.8, 4) is 0 Å². The number of rotatable bonds is 4. The number of benzene rings is 2. The number of carbonyl (C=O) groups excluding carboxylic acids is 2. The van der Waals surface area contributed by atoms with Crippen molar-refractivity contribution < 1.29 is 9.59 Å². The third-order valence-corrected chi connectivity index (χ3v) is 8.78. The number of amides is 2. The molecule has 1 saturated heterocycles. The van der Waals surface area contributed by atoms with Crippen molar-refractivity contribution in [1.82, 2.24) is 19.8 Å². The van der Waals surface area contributed by atoms with Gasteiger partial charge in [-0.1, -0.05) is 48.0 Å². The average Bonchev–Trinajstić information content (AvgIpc) is 3.54. The van der Waals surface area contributed by atoms with Crippen LogP contribution in [0.4, 0.5) is 0 Å². The van der Waals surface area contributed by atoms with Gasteiger partial charge in [0.2, 0.25) is 5.91 Å². The van der Waals surface area contributed by atoms with Crippen molar-refractivity contribution in [3.63, 3.8) is 0 Å². The Bertz CT molecular complexity index is 1440. The molecule has 4 heterocycles. The van der Waals surface area contributed by atoms with Crippen LogP contribution in [0.3, 0.4) is 0 Å². The molecular formula is C28H27ClN4O2S. The molecule has 0 unspecified atom stereocenters. The number of para-hydroxylation sites is 1. The molecule has 2 aromatic carbocycles. The number of likely N-dealkylation sites (tertiary alicyclic amines) is 1. The van der Waals surface area contributed by atoms with E-state index in [0.29, 0.717) is 43.3 Å². The number of aromatic amines is 1. The Morgan fingerprint density at radius 3 is 2.64 bits per heavy atom. The van der Waals surface area contributed by atoms with Gasteiger partial charge in [0.15, 0.2) is 0 Å². The van der Waals surface area contributed by atoms with E-state index in [1.54, 1.807) is 11.3 Å². The molecule has 0 spiro atoms. The Morgan fingerprint density at radius 2 is 1.81 bits per heavy atom. The smallest absolute Gasteiger partial charge is 0.273 e. The highest BCUT2D eigenvalue weighted by atomic mass is 35.5. The number of hydrogen-bond donors (Lipinski definition) is 1. The van der Waals surface area contributed by atoms with Gasteiger partial charge < -0.3 is 14.8 Å². The van der Waals surface area contributed by atoms with Crippen LogP contribution in [-0.2, 0) is 24.2 Å². The second kappa shape index (κ2) is 9.71. The summed E-state index contributed by atoms with van der Waals surface area (Å²) in [5.41, 5.74) is 4.98. The maximum Gasteiger partial charge on any atom is 0.273 e. The minimum Gasteiger partial charge on any atom is -0.357 e. The molecule has 0 bridgehead atoms. The number of carbonyl (C=O) groups is 2. The molecule has 0 aliphatic carbocycles. The van der Waals surface area contributed by atoms with Crippen LogP contribution in [-0.4, -0.2) is 51.2 Å². The lowest BCUT2D eigenvalue weighted by molar-refractivity contribution is -0.131. The fourth-order valence-corrected chi connectivity index (χ4v) is 6.56. The van der Waals surface area contributed by atoms with Crippen LogP contribution in [0, 0.1) is 0 Å². The van der Waals surface area contributed by atoms with Crippen molar-refractivity contribution in [2.45, 2.75) is 38.1 Å². The van der Waals surface area contributed by atoms with Crippen molar-refractivity contribution in [2.24, 2.45) is 0 Å². The zero-order valence-electron chi connectivity index (χ0n) is 19.9. The Balaban J connectivity index is 1.07. The molecule has 1 N–H and O–H groups in total. The fourth-order valence-electron chi connectivity index (χ4n) is 5.39. The summed E-state index contributed by atoms with van der Waals surface area (Å²) in [7, 11) is 0. The molecular weight excluding hydrogens is 492 g/mol. The second-order valence-corrected chi connectivity index (χ2v) is 10.9. The van der Waals surface area contributed by atoms with Crippen LogP contribution in [0.5, 0.6) is 0 Å². The van der Waals surface area contributed by atoms with Gasteiger partial charge in [0.25, 0.3) is 5.91 Å². The van der Waals surface area contributed by atoms with Gasteiger partial charge in [0, 0.05) is 52.6 Å². The molecule has 2 aromatic heterocycles. The number of halogens is 1. The number of nitrogens with one attached hydrogen (secondary N) is 1. The monoisotopic (exact) mass is 518 g/mol. The number of thiazole rings is 1. The molecule has 36 heavy (non-hydrogen) atoms. The molecule has 6 nitrogen and oxygen atoms in total. The van der Waals surface area contributed by atoms with Crippen molar-refractivity contribution in [2.75, 3.05) is 19.6 Å². The van der Waals surface area contributed by atoms with Gasteiger partial charge in [-0.15, -0.1) is 11.3 Å². The van der Waals surface area contributed by atoms with Crippen LogP contribution in [0.1, 0.15) is 51.1 Å². The summed E-state index contributed by atoms with van der Waals surface area (Å²) in [6.45, 7) is 2.69. The van der Waals surface area contributed by atoms with E-state index in [4.69, 9.17) is 16.6 Å². The number of piperidine rings is 1. The van der Waals surface area contributed by atoms with Crippen LogP contribution < -0.4 is 0 Å². The van der Waals surface area contributed by atoms with Gasteiger partial charge >= 0.3 is 0 Å². The second-order valence-electron chi connectivity index (χ2n) is 9.60. The van der Waals surface area contributed by atoms with E-state index in [1.807, 2.05) is 45.5 Å². The normalized spacial score (nSPS) is 16.4. The van der Waals surface area contributed by atoms with Gasteiger partial charge in [-0.3, -0.25) is 9.59 Å². The summed E-state index contributed by atoms with van der Waals surface area (Å²) < 4.78 is 0. The molecule has 2 aliphatic heterocycles. The first kappa shape index (κ1) is 23.3. The van der Waals surface area contributed by atoms with E-state index >= 15 is 0 Å². The molecule has 2 aliphatic rings. The van der Waals surface area contributed by atoms with Gasteiger partial charge in [-0.25, -0.2) is 4.98 Å². The van der Waals surface area contributed by atoms with E-state index in [0.717, 1.165) is 41.0 Å². The highest BCUT2D eigenvalue weighted by molar-refractivity contribution is 7.09. The van der Waals surface area contributed by atoms with Crippen LogP contribution in [0.2, 0.25) is 5.02 Å². The molecule has 2 amide bonds. The van der Waals surface area contributed by atoms with Crippen LogP contribution in [0.15, 0.2) is 53.9 Å². The molecule has 8 heteroatoms. The minimum atomic E-state index is -0.00541. The quantitative estimate of drug-likeness (QED) is 0.392. The van der Waals surface area contributed by atoms with Crippen LogP contribution in [0.25, 0.3) is 10.9 Å². The highest BCUT2D eigenvalue weighted by Crippen LogP contribution is 2.32. The standard InChI is InChI=1S/C28H27ClN4O2S/c29-22-7-3-1-5-19(22)15-26(34)32-12-9-18(10-13-32)27-31-25(17-36-27)28(35)33-14-11-21-20-6-2-4-8-23(20)30-24(21)16-33/h1-8,17-18,30H,9-16H2. The number of H-pyrrole nitrogens is 1. The first-order valence-corrected chi connectivity index (χ1v) is 13.7. The van der Waals surface area contributed by atoms with Crippen LogP contribution >= 0.6 is 22.9 Å². The first-order valence-electron chi connectivity index (χ1n) is 12.4. The van der Waals surface area contributed by atoms with E-state index in [9.17, 15) is 9.59 Å². The van der Waals surface area contributed by atoms with Crippen molar-refractivity contribution in [3.05, 3.63) is 86.5 Å². The average molecular weight is 519 g/mol. The van der Waals surface area contributed by atoms with E-state index in [-0.39, 0.29) is 17.7 Å². The van der Waals surface area contributed by atoms with E-state index < -0.39 is 0 Å². The maximum absolute atomic E-state index is 13.3. The largest absolute Gasteiger partial charge is 0.357 e. The lowest BCUT2D eigenvalue weighted by atomic mass is 9.97. The summed E-state index contributed by atoms with van der Waals surface area (Å²) in [6.07, 6.45) is 2.89. The van der Waals surface area contributed by atoms with Gasteiger partial charge in [-0.05, 0) is 42.5 Å². The molecule has 184 valence electrons. The molecule has 4 aromatic rings. The number of aromatic nitrogens is 2.